The van der Waals surface area contributed by atoms with E-state index in [0.717, 1.165) is 90.1 Å². The highest BCUT2D eigenvalue weighted by Crippen LogP contribution is 2.57. The summed E-state index contributed by atoms with van der Waals surface area (Å²) in [5, 5.41) is 6.99. The van der Waals surface area contributed by atoms with Crippen molar-refractivity contribution in [1.82, 2.24) is 0 Å². The van der Waals surface area contributed by atoms with Crippen LogP contribution in [0.4, 0.5) is 34.1 Å². The van der Waals surface area contributed by atoms with E-state index in [4.69, 9.17) is 9.47 Å². The van der Waals surface area contributed by atoms with Crippen LogP contribution >= 0.6 is 0 Å². The Hall–Kier alpha value is -8.60. The second kappa shape index (κ2) is 14.2. The summed E-state index contributed by atoms with van der Waals surface area (Å²) in [4.78, 5) is 4.70. The van der Waals surface area contributed by atoms with Gasteiger partial charge in [0.15, 0.2) is 0 Å². The summed E-state index contributed by atoms with van der Waals surface area (Å²) in [5.74, 6) is 3.29. The van der Waals surface area contributed by atoms with Gasteiger partial charge in [-0.1, -0.05) is 129 Å². The maximum absolute atomic E-state index is 6.96. The molecule has 0 saturated carbocycles. The van der Waals surface area contributed by atoms with Gasteiger partial charge < -0.3 is 19.3 Å². The predicted octanol–water partition coefficient (Wildman–Crippen LogP) is 17.9. The van der Waals surface area contributed by atoms with Crippen molar-refractivity contribution in [2.24, 2.45) is 0 Å². The van der Waals surface area contributed by atoms with Gasteiger partial charge in [-0.05, 0) is 141 Å². The molecule has 4 nitrogen and oxygen atoms in total. The Kier molecular flexibility index (Phi) is 8.00. The summed E-state index contributed by atoms with van der Waals surface area (Å²) in [7, 11) is 0. The summed E-state index contributed by atoms with van der Waals surface area (Å²) in [6.07, 6.45) is 0. The van der Waals surface area contributed by atoms with Crippen LogP contribution in [0.3, 0.4) is 0 Å². The molecule has 0 fully saturated rings. The van der Waals surface area contributed by atoms with E-state index in [9.17, 15) is 0 Å². The third kappa shape index (κ3) is 5.60. The minimum atomic E-state index is -0.117. The largest absolute Gasteiger partial charge is 0.456 e. The lowest BCUT2D eigenvalue weighted by molar-refractivity contribution is 0.480. The molecule has 1 aliphatic carbocycles. The highest BCUT2D eigenvalue weighted by molar-refractivity contribution is 6.16. The van der Waals surface area contributed by atoms with Crippen LogP contribution in [0.2, 0.25) is 0 Å². The third-order valence-corrected chi connectivity index (χ3v) is 14.4. The Labute approximate surface area is 389 Å². The topological polar surface area (TPSA) is 24.9 Å². The van der Waals surface area contributed by atoms with Crippen molar-refractivity contribution in [2.45, 2.75) is 19.3 Å². The van der Waals surface area contributed by atoms with Crippen LogP contribution < -0.4 is 19.3 Å². The lowest BCUT2D eigenvalue weighted by Gasteiger charge is -2.31. The first kappa shape index (κ1) is 37.7. The molecule has 14 rings (SSSR count). The molecule has 11 aromatic rings. The maximum Gasteiger partial charge on any atom is 0.137 e. The van der Waals surface area contributed by atoms with Gasteiger partial charge in [0.05, 0.1) is 5.69 Å². The van der Waals surface area contributed by atoms with Crippen LogP contribution in [0.5, 0.6) is 23.0 Å². The van der Waals surface area contributed by atoms with Gasteiger partial charge >= 0.3 is 0 Å². The fraction of sp³-hybridized carbons (Fsp3) is 0.0476. The van der Waals surface area contributed by atoms with Crippen LogP contribution in [0.1, 0.15) is 25.0 Å². The molecule has 0 unspecified atom stereocenters. The van der Waals surface area contributed by atoms with Gasteiger partial charge in [-0.15, -0.1) is 0 Å². The molecule has 4 heteroatoms. The molecule has 2 aliphatic heterocycles. The molecule has 0 saturated heterocycles. The van der Waals surface area contributed by atoms with Gasteiger partial charge in [0, 0.05) is 73.3 Å². The highest BCUT2D eigenvalue weighted by atomic mass is 16.5. The quantitative estimate of drug-likeness (QED) is 0.156. The second-order valence-electron chi connectivity index (χ2n) is 18.4. The maximum atomic E-state index is 6.96. The van der Waals surface area contributed by atoms with Crippen LogP contribution in [0, 0.1) is 0 Å². The van der Waals surface area contributed by atoms with Gasteiger partial charge in [0.25, 0.3) is 0 Å². The zero-order chi connectivity index (χ0) is 44.4. The summed E-state index contributed by atoms with van der Waals surface area (Å²) >= 11 is 0. The van der Waals surface area contributed by atoms with Gasteiger partial charge in [0.2, 0.25) is 0 Å². The number of hydrogen-bond donors (Lipinski definition) is 0. The molecular formula is C63H42N2O2. The van der Waals surface area contributed by atoms with Crippen molar-refractivity contribution in [2.75, 3.05) is 9.80 Å². The summed E-state index contributed by atoms with van der Waals surface area (Å²) < 4.78 is 13.9. The van der Waals surface area contributed by atoms with Crippen molar-refractivity contribution in [3.63, 3.8) is 0 Å². The molecule has 0 atom stereocenters. The molecule has 316 valence electrons. The van der Waals surface area contributed by atoms with Gasteiger partial charge in [-0.3, -0.25) is 0 Å². The van der Waals surface area contributed by atoms with Crippen molar-refractivity contribution in [3.05, 3.63) is 230 Å². The molecule has 3 aliphatic rings. The average Bonchev–Trinajstić information content (AvgIpc) is 3.60. The van der Waals surface area contributed by atoms with E-state index in [0.29, 0.717) is 0 Å². The second-order valence-corrected chi connectivity index (χ2v) is 18.4. The van der Waals surface area contributed by atoms with E-state index >= 15 is 0 Å². The predicted molar refractivity (Wildman–Crippen MR) is 277 cm³/mol. The Morgan fingerprint density at radius 3 is 1.45 bits per heavy atom. The van der Waals surface area contributed by atoms with E-state index < -0.39 is 0 Å². The van der Waals surface area contributed by atoms with Crippen LogP contribution in [0.25, 0.3) is 65.7 Å². The van der Waals surface area contributed by atoms with Crippen molar-refractivity contribution >= 4 is 66.4 Å². The van der Waals surface area contributed by atoms with Crippen molar-refractivity contribution in [3.8, 4) is 56.4 Å². The fourth-order valence-corrected chi connectivity index (χ4v) is 11.3. The van der Waals surface area contributed by atoms with Gasteiger partial charge in [-0.25, -0.2) is 0 Å². The number of ether oxygens (including phenoxy) is 2. The van der Waals surface area contributed by atoms with Crippen molar-refractivity contribution < 1.29 is 9.47 Å². The Balaban J connectivity index is 0.866. The molecule has 0 spiro atoms. The normalized spacial score (nSPS) is 13.3. The number of anilines is 6. The van der Waals surface area contributed by atoms with Gasteiger partial charge in [-0.2, -0.15) is 0 Å². The van der Waals surface area contributed by atoms with E-state index in [1.807, 2.05) is 0 Å². The standard InChI is InChI=1S/C63H42N2O2/c1-63(2)54-24-14-13-22-47(54)48-28-25-42(36-55(48)63)64(40-16-5-3-6-17-40)43-26-29-50-52-31-34-58-62-53(32-33-57(61(52)62)66-59(50)37-43)51-30-27-44(38-60(51)67-58)65(41-18-7-4-8-19-41)56-35-39-15-9-10-20-45(39)46-21-11-12-23-49(46)56/h3-38H,1-2H3. The van der Waals surface area contributed by atoms with E-state index in [-0.39, 0.29) is 5.41 Å². The Morgan fingerprint density at radius 2 is 0.791 bits per heavy atom. The zero-order valence-corrected chi connectivity index (χ0v) is 37.0. The van der Waals surface area contributed by atoms with E-state index in [1.54, 1.807) is 0 Å². The molecule has 2 heterocycles. The Bertz CT molecular complexity index is 3860. The molecule has 0 amide bonds. The van der Waals surface area contributed by atoms with E-state index in [2.05, 4.69) is 242 Å². The summed E-state index contributed by atoms with van der Waals surface area (Å²) in [6.45, 7) is 4.67. The smallest absolute Gasteiger partial charge is 0.137 e. The molecule has 0 N–H and O–H groups in total. The highest BCUT2D eigenvalue weighted by Gasteiger charge is 2.36. The zero-order valence-electron chi connectivity index (χ0n) is 37.0. The SMILES string of the molecule is CC1(C)c2ccccc2-c2ccc(N(c3ccccc3)c3ccc4c(c3)Oc3ccc5c6c(ccc-4c36)Oc3cc(N(c4ccccc4)c4cc6ccccc6c6ccccc46)ccc3-5)cc21. The third-order valence-electron chi connectivity index (χ3n) is 14.4. The first-order valence-electron chi connectivity index (χ1n) is 23.1. The number of benzene rings is 11. The molecule has 0 bridgehead atoms. The number of para-hydroxylation sites is 2. The van der Waals surface area contributed by atoms with Crippen LogP contribution in [-0.4, -0.2) is 0 Å². The molecular weight excluding hydrogens is 817 g/mol. The minimum absolute atomic E-state index is 0.117. The van der Waals surface area contributed by atoms with Crippen LogP contribution in [-0.2, 0) is 5.41 Å². The summed E-state index contributed by atoms with van der Waals surface area (Å²) in [6, 6.07) is 78.7. The number of rotatable bonds is 6. The monoisotopic (exact) mass is 858 g/mol. The number of nitrogens with zero attached hydrogens (tertiary/aromatic N) is 2. The average molecular weight is 859 g/mol. The molecule has 0 radical (unpaired) electrons. The van der Waals surface area contributed by atoms with Crippen molar-refractivity contribution in [1.29, 1.82) is 0 Å². The van der Waals surface area contributed by atoms with Crippen LogP contribution in [0.15, 0.2) is 218 Å². The lowest BCUT2D eigenvalue weighted by Crippen LogP contribution is -2.16. The lowest BCUT2D eigenvalue weighted by atomic mass is 9.82. The van der Waals surface area contributed by atoms with E-state index in [1.165, 1.54) is 43.8 Å². The number of hydrogen-bond acceptors (Lipinski definition) is 4. The fourth-order valence-electron chi connectivity index (χ4n) is 11.3. The molecule has 0 aromatic heterocycles. The minimum Gasteiger partial charge on any atom is -0.456 e. The molecule has 67 heavy (non-hydrogen) atoms. The molecule has 11 aromatic carbocycles. The first-order chi connectivity index (χ1) is 33.0. The van der Waals surface area contributed by atoms with Gasteiger partial charge in [0.1, 0.15) is 23.0 Å². The Morgan fingerprint density at radius 1 is 0.313 bits per heavy atom. The number of fused-ring (bicyclic) bond motifs is 10. The summed E-state index contributed by atoms with van der Waals surface area (Å²) in [5.41, 5.74) is 16.0. The first-order valence-corrected chi connectivity index (χ1v) is 23.1.